The maximum Gasteiger partial charge on any atom is 0.271 e. The molecular weight excluding hydrogens is 426 g/mol. The van der Waals surface area contributed by atoms with Crippen molar-refractivity contribution in [1.29, 1.82) is 0 Å². The fourth-order valence-electron chi connectivity index (χ4n) is 4.40. The molecule has 0 atom stereocenters. The van der Waals surface area contributed by atoms with Crippen molar-refractivity contribution in [2.45, 2.75) is 32.1 Å². The normalized spacial score (nSPS) is 15.2. The molecule has 6 nitrogen and oxygen atoms in total. The highest BCUT2D eigenvalue weighted by atomic mass is 35.5. The van der Waals surface area contributed by atoms with E-state index < -0.39 is 5.41 Å². The van der Waals surface area contributed by atoms with Gasteiger partial charge >= 0.3 is 0 Å². The van der Waals surface area contributed by atoms with E-state index in [1.807, 2.05) is 66.9 Å². The Morgan fingerprint density at radius 3 is 2.28 bits per heavy atom. The van der Waals surface area contributed by atoms with Crippen LogP contribution in [0.2, 0.25) is 5.02 Å². The van der Waals surface area contributed by atoms with Gasteiger partial charge in [0.15, 0.2) is 0 Å². The van der Waals surface area contributed by atoms with Gasteiger partial charge in [-0.25, -0.2) is 0 Å². The molecule has 1 aromatic heterocycles. The van der Waals surface area contributed by atoms with E-state index >= 15 is 0 Å². The molecule has 1 aliphatic rings. The largest absolute Gasteiger partial charge is 0.381 e. The molecule has 2 N–H and O–H groups in total. The van der Waals surface area contributed by atoms with Gasteiger partial charge < -0.3 is 9.30 Å². The fraction of sp³-hybridized carbons (Fsp3) is 0.280. The predicted octanol–water partition coefficient (Wildman–Crippen LogP) is 4.26. The summed E-state index contributed by atoms with van der Waals surface area (Å²) in [4.78, 5) is 26.3. The predicted molar refractivity (Wildman–Crippen MR) is 124 cm³/mol. The number of halogens is 1. The number of para-hydroxylation sites is 1. The molecule has 0 spiro atoms. The Kier molecular flexibility index (Phi) is 6.35. The first kappa shape index (κ1) is 22.1. The molecule has 0 radical (unpaired) electrons. The van der Waals surface area contributed by atoms with Crippen molar-refractivity contribution in [3.63, 3.8) is 0 Å². The van der Waals surface area contributed by atoms with Crippen LogP contribution >= 0.6 is 11.6 Å². The first-order valence-electron chi connectivity index (χ1n) is 10.6. The molecule has 3 aromatic rings. The average Bonchev–Trinajstić information content (AvgIpc) is 3.12. The number of aromatic nitrogens is 1. The highest BCUT2D eigenvalue weighted by Gasteiger charge is 2.42. The van der Waals surface area contributed by atoms with E-state index in [0.717, 1.165) is 22.6 Å². The average molecular weight is 452 g/mol. The van der Waals surface area contributed by atoms with Crippen molar-refractivity contribution in [1.82, 2.24) is 15.4 Å². The standard InChI is InChI=1S/C25H26ClN3O3/c1-17-16-22(18(2)29(17)21-6-4-3-5-7-21)23(30)27-28-24(31)25(12-14-32-15-13-25)19-8-10-20(26)11-9-19/h3-11,16H,12-15H2,1-2H3,(H,27,30)(H,28,31). The van der Waals surface area contributed by atoms with E-state index in [0.29, 0.717) is 36.6 Å². The maximum atomic E-state index is 13.3. The highest BCUT2D eigenvalue weighted by molar-refractivity contribution is 6.30. The number of hydrazine groups is 1. The van der Waals surface area contributed by atoms with Gasteiger partial charge in [0.1, 0.15) is 0 Å². The van der Waals surface area contributed by atoms with Crippen LogP contribution in [0.5, 0.6) is 0 Å². The number of nitrogens with zero attached hydrogens (tertiary/aromatic N) is 1. The number of carbonyl (C=O) groups is 2. The molecule has 2 amide bonds. The SMILES string of the molecule is Cc1cc(C(=O)NNC(=O)C2(c3ccc(Cl)cc3)CCOCC2)c(C)n1-c1ccccc1. The van der Waals surface area contributed by atoms with Gasteiger partial charge in [0.05, 0.1) is 11.0 Å². The minimum Gasteiger partial charge on any atom is -0.381 e. The van der Waals surface area contributed by atoms with Crippen LogP contribution in [-0.4, -0.2) is 29.6 Å². The van der Waals surface area contributed by atoms with E-state index in [2.05, 4.69) is 10.9 Å². The van der Waals surface area contributed by atoms with Crippen LogP contribution in [0.1, 0.15) is 40.2 Å². The second-order valence-corrected chi connectivity index (χ2v) is 8.50. The van der Waals surface area contributed by atoms with E-state index in [1.54, 1.807) is 12.1 Å². The van der Waals surface area contributed by atoms with Crippen molar-refractivity contribution in [3.8, 4) is 5.69 Å². The molecule has 0 aliphatic carbocycles. The molecule has 0 saturated carbocycles. The van der Waals surface area contributed by atoms with Crippen molar-refractivity contribution in [2.75, 3.05) is 13.2 Å². The van der Waals surface area contributed by atoms with Gasteiger partial charge in [-0.05, 0) is 62.6 Å². The molecule has 0 bridgehead atoms. The van der Waals surface area contributed by atoms with Crippen LogP contribution in [0, 0.1) is 13.8 Å². The lowest BCUT2D eigenvalue weighted by atomic mass is 9.73. The third-order valence-corrected chi connectivity index (χ3v) is 6.41. The van der Waals surface area contributed by atoms with Gasteiger partial charge in [-0.2, -0.15) is 0 Å². The number of benzene rings is 2. The molecule has 2 heterocycles. The molecule has 1 saturated heterocycles. The molecule has 7 heteroatoms. The Morgan fingerprint density at radius 1 is 0.969 bits per heavy atom. The Hall–Kier alpha value is -3.09. The minimum atomic E-state index is -0.781. The Bertz CT molecular complexity index is 1120. The van der Waals surface area contributed by atoms with Crippen molar-refractivity contribution in [2.24, 2.45) is 0 Å². The zero-order valence-corrected chi connectivity index (χ0v) is 18.9. The summed E-state index contributed by atoms with van der Waals surface area (Å²) in [6, 6.07) is 19.0. The van der Waals surface area contributed by atoms with Gasteiger partial charge in [-0.1, -0.05) is 41.9 Å². The number of hydrogen-bond donors (Lipinski definition) is 2. The van der Waals surface area contributed by atoms with Gasteiger partial charge in [0.2, 0.25) is 5.91 Å². The van der Waals surface area contributed by atoms with E-state index in [9.17, 15) is 9.59 Å². The van der Waals surface area contributed by atoms with E-state index in [4.69, 9.17) is 16.3 Å². The summed E-state index contributed by atoms with van der Waals surface area (Å²) in [7, 11) is 0. The topological polar surface area (TPSA) is 72.4 Å². The Balaban J connectivity index is 1.53. The van der Waals surface area contributed by atoms with Gasteiger partial charge in [0.25, 0.3) is 5.91 Å². The highest BCUT2D eigenvalue weighted by Crippen LogP contribution is 2.35. The van der Waals surface area contributed by atoms with Gasteiger partial charge in [-0.15, -0.1) is 0 Å². The number of carbonyl (C=O) groups excluding carboxylic acids is 2. The lowest BCUT2D eigenvalue weighted by Gasteiger charge is -2.36. The summed E-state index contributed by atoms with van der Waals surface area (Å²) in [5.41, 5.74) is 8.60. The quantitative estimate of drug-likeness (QED) is 0.582. The molecule has 1 aliphatic heterocycles. The third kappa shape index (κ3) is 4.16. The number of nitrogens with one attached hydrogen (secondary N) is 2. The minimum absolute atomic E-state index is 0.256. The first-order chi connectivity index (χ1) is 15.4. The van der Waals surface area contributed by atoms with Crippen LogP contribution < -0.4 is 10.9 Å². The van der Waals surface area contributed by atoms with Crippen LogP contribution in [-0.2, 0) is 14.9 Å². The lowest BCUT2D eigenvalue weighted by molar-refractivity contribution is -0.131. The zero-order chi connectivity index (χ0) is 22.7. The van der Waals surface area contributed by atoms with Crippen molar-refractivity contribution >= 4 is 23.4 Å². The molecule has 1 fully saturated rings. The van der Waals surface area contributed by atoms with Gasteiger partial charge in [0, 0.05) is 35.3 Å². The summed E-state index contributed by atoms with van der Waals surface area (Å²) >= 11 is 6.04. The molecule has 4 rings (SSSR count). The van der Waals surface area contributed by atoms with E-state index in [-0.39, 0.29) is 11.8 Å². The first-order valence-corrected chi connectivity index (χ1v) is 11.0. The second kappa shape index (κ2) is 9.18. The number of aryl methyl sites for hydroxylation is 1. The van der Waals surface area contributed by atoms with Crippen LogP contribution in [0.3, 0.4) is 0 Å². The number of rotatable bonds is 4. The lowest BCUT2D eigenvalue weighted by Crippen LogP contribution is -2.53. The molecule has 2 aromatic carbocycles. The van der Waals surface area contributed by atoms with E-state index in [1.165, 1.54) is 0 Å². The number of hydrogen-bond acceptors (Lipinski definition) is 3. The Labute approximate surface area is 192 Å². The van der Waals surface area contributed by atoms with Crippen LogP contribution in [0.4, 0.5) is 0 Å². The monoisotopic (exact) mass is 451 g/mol. The third-order valence-electron chi connectivity index (χ3n) is 6.16. The maximum absolute atomic E-state index is 13.3. The summed E-state index contributed by atoms with van der Waals surface area (Å²) in [6.07, 6.45) is 1.05. The number of amides is 2. The van der Waals surface area contributed by atoms with Crippen LogP contribution in [0.15, 0.2) is 60.7 Å². The molecule has 166 valence electrons. The molecule has 32 heavy (non-hydrogen) atoms. The molecular formula is C25H26ClN3O3. The second-order valence-electron chi connectivity index (χ2n) is 8.07. The van der Waals surface area contributed by atoms with Crippen molar-refractivity contribution in [3.05, 3.63) is 88.2 Å². The summed E-state index contributed by atoms with van der Waals surface area (Å²) < 4.78 is 7.51. The fourth-order valence-corrected chi connectivity index (χ4v) is 4.53. The summed E-state index contributed by atoms with van der Waals surface area (Å²) in [6.45, 7) is 4.79. The van der Waals surface area contributed by atoms with Crippen molar-refractivity contribution < 1.29 is 14.3 Å². The Morgan fingerprint density at radius 2 is 1.62 bits per heavy atom. The van der Waals surface area contributed by atoms with Gasteiger partial charge in [-0.3, -0.25) is 20.4 Å². The van der Waals surface area contributed by atoms with Crippen LogP contribution in [0.25, 0.3) is 5.69 Å². The smallest absolute Gasteiger partial charge is 0.271 e. The molecule has 0 unspecified atom stereocenters. The summed E-state index contributed by atoms with van der Waals surface area (Å²) in [5.74, 6) is -0.611. The summed E-state index contributed by atoms with van der Waals surface area (Å²) in [5, 5.41) is 0.610. The number of ether oxygens (including phenoxy) is 1. The zero-order valence-electron chi connectivity index (χ0n) is 18.2.